The fourth-order valence-corrected chi connectivity index (χ4v) is 3.72. The minimum absolute atomic E-state index is 0.0358. The number of carboxylic acid groups (broad SMARTS) is 1. The van der Waals surface area contributed by atoms with E-state index in [1.807, 2.05) is 6.92 Å². The van der Waals surface area contributed by atoms with E-state index in [1.165, 1.54) is 0 Å². The van der Waals surface area contributed by atoms with E-state index in [2.05, 4.69) is 0 Å². The summed E-state index contributed by atoms with van der Waals surface area (Å²) in [6.07, 6.45) is 6.41. The van der Waals surface area contributed by atoms with Crippen LogP contribution in [0.15, 0.2) is 0 Å². The molecule has 2 rings (SSSR count). The summed E-state index contributed by atoms with van der Waals surface area (Å²) in [6, 6.07) is 0. The first-order valence-corrected chi connectivity index (χ1v) is 7.71. The van der Waals surface area contributed by atoms with Gasteiger partial charge < -0.3 is 15.7 Å². The van der Waals surface area contributed by atoms with Gasteiger partial charge in [-0.1, -0.05) is 26.2 Å². The molecular weight excluding hydrogens is 256 g/mol. The van der Waals surface area contributed by atoms with E-state index in [0.29, 0.717) is 32.4 Å². The van der Waals surface area contributed by atoms with Crippen molar-refractivity contribution in [1.82, 2.24) is 4.90 Å². The number of nitrogens with two attached hydrogens (primary N) is 1. The third-order valence-corrected chi connectivity index (χ3v) is 4.99. The van der Waals surface area contributed by atoms with Gasteiger partial charge in [-0.2, -0.15) is 0 Å². The molecule has 2 aliphatic rings. The number of likely N-dealkylation sites (tertiary alicyclic amines) is 1. The molecule has 20 heavy (non-hydrogen) atoms. The molecule has 1 unspecified atom stereocenters. The average molecular weight is 282 g/mol. The zero-order chi connectivity index (χ0) is 14.8. The largest absolute Gasteiger partial charge is 0.481 e. The SMILES string of the molecule is CCCC1(C(=O)O)CCN(C(=O)CC2(N)CCCC2)C1. The summed E-state index contributed by atoms with van der Waals surface area (Å²) in [5.74, 6) is -0.730. The minimum atomic E-state index is -0.766. The molecule has 0 radical (unpaired) electrons. The maximum absolute atomic E-state index is 12.4. The number of carboxylic acids is 1. The van der Waals surface area contributed by atoms with Crippen LogP contribution >= 0.6 is 0 Å². The van der Waals surface area contributed by atoms with Crippen molar-refractivity contribution in [3.63, 3.8) is 0 Å². The third-order valence-electron chi connectivity index (χ3n) is 4.99. The summed E-state index contributed by atoms with van der Waals surface area (Å²) in [5, 5.41) is 9.47. The van der Waals surface area contributed by atoms with Gasteiger partial charge in [0.1, 0.15) is 0 Å². The maximum Gasteiger partial charge on any atom is 0.311 e. The molecule has 0 spiro atoms. The second-order valence-corrected chi connectivity index (χ2v) is 6.65. The molecule has 1 aliphatic carbocycles. The molecule has 1 atom stereocenters. The van der Waals surface area contributed by atoms with E-state index in [0.717, 1.165) is 32.1 Å². The van der Waals surface area contributed by atoms with Crippen LogP contribution in [0.2, 0.25) is 0 Å². The topological polar surface area (TPSA) is 83.6 Å². The molecule has 0 aromatic carbocycles. The Morgan fingerprint density at radius 2 is 1.90 bits per heavy atom. The molecule has 5 heteroatoms. The van der Waals surface area contributed by atoms with Crippen LogP contribution in [0.3, 0.4) is 0 Å². The lowest BCUT2D eigenvalue weighted by Gasteiger charge is -2.28. The van der Waals surface area contributed by atoms with Crippen molar-refractivity contribution in [2.75, 3.05) is 13.1 Å². The molecule has 114 valence electrons. The summed E-state index contributed by atoms with van der Waals surface area (Å²) in [5.41, 5.74) is 5.16. The van der Waals surface area contributed by atoms with Crippen molar-refractivity contribution in [3.05, 3.63) is 0 Å². The van der Waals surface area contributed by atoms with Crippen LogP contribution in [-0.2, 0) is 9.59 Å². The number of hydrogen-bond acceptors (Lipinski definition) is 3. The molecule has 2 fully saturated rings. The summed E-state index contributed by atoms with van der Waals surface area (Å²) in [6.45, 7) is 2.90. The molecule has 1 aliphatic heterocycles. The van der Waals surface area contributed by atoms with E-state index in [1.54, 1.807) is 4.90 Å². The van der Waals surface area contributed by atoms with Crippen LogP contribution in [0.5, 0.6) is 0 Å². The Bertz CT molecular complexity index is 391. The number of carbonyl (C=O) groups is 2. The summed E-state index contributed by atoms with van der Waals surface area (Å²) in [7, 11) is 0. The first-order chi connectivity index (χ1) is 9.41. The van der Waals surface area contributed by atoms with Gasteiger partial charge in [-0.3, -0.25) is 9.59 Å². The zero-order valence-corrected chi connectivity index (χ0v) is 12.4. The van der Waals surface area contributed by atoms with Gasteiger partial charge in [-0.25, -0.2) is 0 Å². The summed E-state index contributed by atoms with van der Waals surface area (Å²) in [4.78, 5) is 25.6. The highest BCUT2D eigenvalue weighted by Crippen LogP contribution is 2.37. The van der Waals surface area contributed by atoms with E-state index >= 15 is 0 Å². The molecule has 0 aromatic heterocycles. The Balaban J connectivity index is 1.97. The highest BCUT2D eigenvalue weighted by molar-refractivity contribution is 5.81. The predicted octanol–water partition coefficient (Wildman–Crippen LogP) is 1.75. The van der Waals surface area contributed by atoms with E-state index in [4.69, 9.17) is 5.73 Å². The van der Waals surface area contributed by atoms with Crippen molar-refractivity contribution < 1.29 is 14.7 Å². The van der Waals surface area contributed by atoms with Crippen molar-refractivity contribution >= 4 is 11.9 Å². The van der Waals surface area contributed by atoms with Crippen LogP contribution in [0, 0.1) is 5.41 Å². The van der Waals surface area contributed by atoms with E-state index in [-0.39, 0.29) is 11.4 Å². The molecular formula is C15H26N2O3. The van der Waals surface area contributed by atoms with Crippen molar-refractivity contribution in [1.29, 1.82) is 0 Å². The Morgan fingerprint density at radius 1 is 1.25 bits per heavy atom. The standard InChI is InChI=1S/C15H26N2O3/c1-2-5-14(13(19)20)8-9-17(11-14)12(18)10-15(16)6-3-4-7-15/h2-11,16H2,1H3,(H,19,20). The van der Waals surface area contributed by atoms with E-state index in [9.17, 15) is 14.7 Å². The molecule has 3 N–H and O–H groups in total. The number of amides is 1. The first kappa shape index (κ1) is 15.3. The maximum atomic E-state index is 12.4. The smallest absolute Gasteiger partial charge is 0.311 e. The van der Waals surface area contributed by atoms with Gasteiger partial charge in [0.15, 0.2) is 0 Å². The van der Waals surface area contributed by atoms with Crippen molar-refractivity contribution in [2.45, 2.75) is 63.8 Å². The van der Waals surface area contributed by atoms with Gasteiger partial charge in [-0.05, 0) is 25.7 Å². The Labute approximate surface area is 120 Å². The Hall–Kier alpha value is -1.10. The lowest BCUT2D eigenvalue weighted by Crippen LogP contribution is -2.44. The normalized spacial score (nSPS) is 28.8. The zero-order valence-electron chi connectivity index (χ0n) is 12.4. The summed E-state index contributed by atoms with van der Waals surface area (Å²) < 4.78 is 0. The van der Waals surface area contributed by atoms with Gasteiger partial charge in [-0.15, -0.1) is 0 Å². The lowest BCUT2D eigenvalue weighted by molar-refractivity contribution is -0.149. The van der Waals surface area contributed by atoms with Gasteiger partial charge >= 0.3 is 5.97 Å². The van der Waals surface area contributed by atoms with Crippen LogP contribution in [0.4, 0.5) is 0 Å². The van der Waals surface area contributed by atoms with E-state index < -0.39 is 11.4 Å². The fourth-order valence-electron chi connectivity index (χ4n) is 3.72. The van der Waals surface area contributed by atoms with Gasteiger partial charge in [0, 0.05) is 25.0 Å². The third kappa shape index (κ3) is 2.97. The summed E-state index contributed by atoms with van der Waals surface area (Å²) >= 11 is 0. The molecule has 0 bridgehead atoms. The fraction of sp³-hybridized carbons (Fsp3) is 0.867. The van der Waals surface area contributed by atoms with Gasteiger partial charge in [0.25, 0.3) is 0 Å². The van der Waals surface area contributed by atoms with Crippen LogP contribution in [-0.4, -0.2) is 40.5 Å². The highest BCUT2D eigenvalue weighted by atomic mass is 16.4. The van der Waals surface area contributed by atoms with Crippen LogP contribution in [0.1, 0.15) is 58.3 Å². The second-order valence-electron chi connectivity index (χ2n) is 6.65. The second kappa shape index (κ2) is 5.72. The molecule has 0 aromatic rings. The molecule has 1 heterocycles. The number of rotatable bonds is 5. The first-order valence-electron chi connectivity index (χ1n) is 7.71. The molecule has 1 amide bonds. The molecule has 1 saturated carbocycles. The van der Waals surface area contributed by atoms with Crippen LogP contribution < -0.4 is 5.73 Å². The van der Waals surface area contributed by atoms with Gasteiger partial charge in [0.2, 0.25) is 5.91 Å². The number of aliphatic carboxylic acids is 1. The quantitative estimate of drug-likeness (QED) is 0.804. The molecule has 5 nitrogen and oxygen atoms in total. The Kier molecular flexibility index (Phi) is 4.37. The average Bonchev–Trinajstić information content (AvgIpc) is 2.97. The highest BCUT2D eigenvalue weighted by Gasteiger charge is 2.46. The monoisotopic (exact) mass is 282 g/mol. The van der Waals surface area contributed by atoms with Gasteiger partial charge in [0.05, 0.1) is 5.41 Å². The lowest BCUT2D eigenvalue weighted by atomic mass is 9.83. The predicted molar refractivity (Wildman–Crippen MR) is 76.2 cm³/mol. The Morgan fingerprint density at radius 3 is 2.45 bits per heavy atom. The van der Waals surface area contributed by atoms with Crippen molar-refractivity contribution in [2.24, 2.45) is 11.1 Å². The number of nitrogens with zero attached hydrogens (tertiary/aromatic N) is 1. The molecule has 1 saturated heterocycles. The van der Waals surface area contributed by atoms with Crippen molar-refractivity contribution in [3.8, 4) is 0 Å². The number of carbonyl (C=O) groups excluding carboxylic acids is 1. The number of hydrogen-bond donors (Lipinski definition) is 2. The van der Waals surface area contributed by atoms with Crippen LogP contribution in [0.25, 0.3) is 0 Å². The minimum Gasteiger partial charge on any atom is -0.481 e.